The highest BCUT2D eigenvalue weighted by molar-refractivity contribution is 5.82. The first-order valence-electron chi connectivity index (χ1n) is 7.10. The fourth-order valence-electron chi connectivity index (χ4n) is 2.30. The maximum Gasteiger partial charge on any atom is 0.328 e. The number of esters is 1. The van der Waals surface area contributed by atoms with Crippen molar-refractivity contribution >= 4 is 5.97 Å². The molecular formula is C14H25NO3. The average Bonchev–Trinajstić information content (AvgIpc) is 3.25. The Labute approximate surface area is 109 Å². The highest BCUT2D eigenvalue weighted by Gasteiger charge is 2.54. The van der Waals surface area contributed by atoms with Crippen LogP contribution in [0.3, 0.4) is 0 Å². The molecule has 0 radical (unpaired) electrons. The Kier molecular flexibility index (Phi) is 4.28. The summed E-state index contributed by atoms with van der Waals surface area (Å²) in [7, 11) is 1.47. The lowest BCUT2D eigenvalue weighted by atomic mass is 9.93. The maximum absolute atomic E-state index is 12.2. The minimum Gasteiger partial charge on any atom is -0.468 e. The van der Waals surface area contributed by atoms with Crippen LogP contribution in [0.15, 0.2) is 0 Å². The predicted octanol–water partition coefficient (Wildman–Crippen LogP) is 1.88. The van der Waals surface area contributed by atoms with Gasteiger partial charge in [-0.05, 0) is 44.9 Å². The molecular weight excluding hydrogens is 230 g/mol. The second-order valence-corrected chi connectivity index (χ2v) is 5.69. The number of carbonyl (C=O) groups is 1. The monoisotopic (exact) mass is 255 g/mol. The number of carbonyl (C=O) groups excluding carboxylic acids is 1. The van der Waals surface area contributed by atoms with Gasteiger partial charge in [-0.3, -0.25) is 5.32 Å². The van der Waals surface area contributed by atoms with Crippen LogP contribution in [0.5, 0.6) is 0 Å². The molecule has 4 heteroatoms. The molecule has 2 saturated carbocycles. The van der Waals surface area contributed by atoms with Gasteiger partial charge in [0, 0.05) is 6.04 Å². The van der Waals surface area contributed by atoms with E-state index in [2.05, 4.69) is 12.2 Å². The summed E-state index contributed by atoms with van der Waals surface area (Å²) in [6, 6.07) is 0.477. The number of rotatable bonds is 8. The van der Waals surface area contributed by atoms with Gasteiger partial charge in [0.15, 0.2) is 0 Å². The standard InChI is InChI=1S/C14H25NO3/c1-4-10(2)18-9-14(11-5-6-11,13(16)17-3)15-12-7-8-12/h10-12,15H,4-9H2,1-3H3. The van der Waals surface area contributed by atoms with Gasteiger partial charge in [0.05, 0.1) is 19.8 Å². The van der Waals surface area contributed by atoms with Gasteiger partial charge in [-0.2, -0.15) is 0 Å². The summed E-state index contributed by atoms with van der Waals surface area (Å²) in [6.45, 7) is 4.58. The van der Waals surface area contributed by atoms with Crippen LogP contribution in [-0.2, 0) is 14.3 Å². The van der Waals surface area contributed by atoms with Crippen LogP contribution < -0.4 is 5.32 Å². The molecule has 0 heterocycles. The molecule has 2 atom stereocenters. The Balaban J connectivity index is 2.04. The molecule has 0 bridgehead atoms. The van der Waals surface area contributed by atoms with Gasteiger partial charge in [0.25, 0.3) is 0 Å². The summed E-state index contributed by atoms with van der Waals surface area (Å²) in [5.41, 5.74) is -0.598. The highest BCUT2D eigenvalue weighted by Crippen LogP contribution is 2.42. The fraction of sp³-hybridized carbons (Fsp3) is 0.929. The Bertz CT molecular complexity index is 299. The first-order chi connectivity index (χ1) is 8.62. The zero-order valence-electron chi connectivity index (χ0n) is 11.7. The number of methoxy groups -OCH3 is 1. The van der Waals surface area contributed by atoms with Crippen molar-refractivity contribution in [2.75, 3.05) is 13.7 Å². The minimum atomic E-state index is -0.598. The predicted molar refractivity (Wildman–Crippen MR) is 69.3 cm³/mol. The van der Waals surface area contributed by atoms with E-state index >= 15 is 0 Å². The normalized spacial score (nSPS) is 24.4. The average molecular weight is 255 g/mol. The van der Waals surface area contributed by atoms with Gasteiger partial charge in [0.2, 0.25) is 0 Å². The van der Waals surface area contributed by atoms with E-state index in [4.69, 9.17) is 9.47 Å². The lowest BCUT2D eigenvalue weighted by Crippen LogP contribution is -2.59. The lowest BCUT2D eigenvalue weighted by molar-refractivity contribution is -0.154. The zero-order valence-corrected chi connectivity index (χ0v) is 11.7. The first kappa shape index (κ1) is 13.8. The quantitative estimate of drug-likeness (QED) is 0.673. The molecule has 2 aliphatic carbocycles. The molecule has 0 amide bonds. The van der Waals surface area contributed by atoms with Crippen LogP contribution in [0, 0.1) is 5.92 Å². The molecule has 1 N–H and O–H groups in total. The van der Waals surface area contributed by atoms with E-state index in [1.54, 1.807) is 0 Å². The van der Waals surface area contributed by atoms with Gasteiger partial charge in [-0.1, -0.05) is 6.92 Å². The van der Waals surface area contributed by atoms with Crippen molar-refractivity contribution in [2.24, 2.45) is 5.92 Å². The van der Waals surface area contributed by atoms with Gasteiger partial charge < -0.3 is 9.47 Å². The van der Waals surface area contributed by atoms with Crippen molar-refractivity contribution in [2.45, 2.75) is 63.6 Å². The van der Waals surface area contributed by atoms with E-state index in [0.717, 1.165) is 32.1 Å². The van der Waals surface area contributed by atoms with Crippen LogP contribution >= 0.6 is 0 Å². The second-order valence-electron chi connectivity index (χ2n) is 5.69. The largest absolute Gasteiger partial charge is 0.468 e. The smallest absolute Gasteiger partial charge is 0.328 e. The number of nitrogens with one attached hydrogen (secondary N) is 1. The number of hydrogen-bond donors (Lipinski definition) is 1. The summed E-state index contributed by atoms with van der Waals surface area (Å²) < 4.78 is 10.9. The van der Waals surface area contributed by atoms with E-state index in [1.165, 1.54) is 7.11 Å². The van der Waals surface area contributed by atoms with Gasteiger partial charge in [-0.25, -0.2) is 4.79 Å². The van der Waals surface area contributed by atoms with Crippen LogP contribution in [-0.4, -0.2) is 37.4 Å². The molecule has 2 fully saturated rings. The first-order valence-corrected chi connectivity index (χ1v) is 7.10. The highest BCUT2D eigenvalue weighted by atomic mass is 16.5. The molecule has 0 spiro atoms. The molecule has 2 aliphatic rings. The minimum absolute atomic E-state index is 0.153. The van der Waals surface area contributed by atoms with Crippen molar-refractivity contribution < 1.29 is 14.3 Å². The Morgan fingerprint density at radius 3 is 2.50 bits per heavy atom. The van der Waals surface area contributed by atoms with Crippen LogP contribution in [0.25, 0.3) is 0 Å². The number of hydrogen-bond acceptors (Lipinski definition) is 4. The zero-order chi connectivity index (χ0) is 13.2. The summed E-state index contributed by atoms with van der Waals surface area (Å²) in [6.07, 6.45) is 5.67. The van der Waals surface area contributed by atoms with Crippen LogP contribution in [0.2, 0.25) is 0 Å². The molecule has 18 heavy (non-hydrogen) atoms. The summed E-state index contributed by atoms with van der Waals surface area (Å²) in [5.74, 6) is 0.231. The Morgan fingerprint density at radius 1 is 1.39 bits per heavy atom. The molecule has 4 nitrogen and oxygen atoms in total. The van der Waals surface area contributed by atoms with Gasteiger partial charge in [-0.15, -0.1) is 0 Å². The van der Waals surface area contributed by atoms with Crippen molar-refractivity contribution in [3.05, 3.63) is 0 Å². The van der Waals surface area contributed by atoms with Crippen molar-refractivity contribution in [1.82, 2.24) is 5.32 Å². The van der Waals surface area contributed by atoms with Crippen molar-refractivity contribution in [3.8, 4) is 0 Å². The van der Waals surface area contributed by atoms with E-state index in [-0.39, 0.29) is 12.1 Å². The molecule has 0 aliphatic heterocycles. The van der Waals surface area contributed by atoms with E-state index in [9.17, 15) is 4.79 Å². The third-order valence-corrected chi connectivity index (χ3v) is 4.03. The lowest BCUT2D eigenvalue weighted by Gasteiger charge is -2.33. The number of ether oxygens (including phenoxy) is 2. The molecule has 0 aromatic rings. The summed E-state index contributed by atoms with van der Waals surface area (Å²) >= 11 is 0. The molecule has 2 rings (SSSR count). The fourth-order valence-corrected chi connectivity index (χ4v) is 2.30. The topological polar surface area (TPSA) is 47.6 Å². The van der Waals surface area contributed by atoms with Crippen molar-refractivity contribution in [3.63, 3.8) is 0 Å². The van der Waals surface area contributed by atoms with E-state index < -0.39 is 5.54 Å². The van der Waals surface area contributed by atoms with Crippen LogP contribution in [0.4, 0.5) is 0 Å². The van der Waals surface area contributed by atoms with E-state index in [0.29, 0.717) is 18.6 Å². The van der Waals surface area contributed by atoms with E-state index in [1.807, 2.05) is 6.92 Å². The molecule has 0 aromatic carbocycles. The van der Waals surface area contributed by atoms with Gasteiger partial charge >= 0.3 is 5.97 Å². The molecule has 2 unspecified atom stereocenters. The Morgan fingerprint density at radius 2 is 2.06 bits per heavy atom. The molecule has 0 saturated heterocycles. The third kappa shape index (κ3) is 3.04. The van der Waals surface area contributed by atoms with Gasteiger partial charge in [0.1, 0.15) is 5.54 Å². The van der Waals surface area contributed by atoms with Crippen LogP contribution in [0.1, 0.15) is 46.0 Å². The third-order valence-electron chi connectivity index (χ3n) is 4.03. The molecule has 104 valence electrons. The van der Waals surface area contributed by atoms with Crippen molar-refractivity contribution in [1.29, 1.82) is 0 Å². The second kappa shape index (κ2) is 5.57. The Hall–Kier alpha value is -0.610. The maximum atomic E-state index is 12.2. The summed E-state index contributed by atoms with van der Waals surface area (Å²) in [5, 5.41) is 3.50. The molecule has 0 aromatic heterocycles. The SMILES string of the molecule is CCC(C)OCC(NC1CC1)(C(=O)OC)C1CC1. The summed E-state index contributed by atoms with van der Waals surface area (Å²) in [4.78, 5) is 12.2.